The van der Waals surface area contributed by atoms with E-state index >= 15 is 0 Å². The number of hydrogen-bond donors (Lipinski definition) is 3. The van der Waals surface area contributed by atoms with E-state index in [0.29, 0.717) is 17.1 Å². The minimum atomic E-state index is -3.69. The largest absolute Gasteiger partial charge is 0.325 e. The van der Waals surface area contributed by atoms with Crippen LogP contribution in [0.1, 0.15) is 17.0 Å². The Kier molecular flexibility index (Phi) is 3.59. The Hall–Kier alpha value is -1.86. The molecule has 0 bridgehead atoms. The van der Waals surface area contributed by atoms with E-state index in [1.807, 2.05) is 19.1 Å². The lowest BCUT2D eigenvalue weighted by Crippen LogP contribution is -2.17. The summed E-state index contributed by atoms with van der Waals surface area (Å²) in [5, 5.41) is 6.54. The topological polar surface area (TPSA) is 101 Å². The fourth-order valence-corrected chi connectivity index (χ4v) is 3.36. The second kappa shape index (κ2) is 5.02. The molecule has 6 nitrogen and oxygen atoms in total. The third-order valence-electron chi connectivity index (χ3n) is 2.81. The third-order valence-corrected chi connectivity index (χ3v) is 4.38. The minimum Gasteiger partial charge on any atom is -0.325 e. The van der Waals surface area contributed by atoms with E-state index < -0.39 is 10.0 Å². The van der Waals surface area contributed by atoms with Crippen molar-refractivity contribution in [2.45, 2.75) is 25.3 Å². The molecule has 2 rings (SSSR count). The van der Waals surface area contributed by atoms with Crippen molar-refractivity contribution in [3.8, 4) is 0 Å². The Labute approximate surface area is 112 Å². The van der Waals surface area contributed by atoms with Gasteiger partial charge >= 0.3 is 0 Å². The molecular formula is C12H16N4O2S. The maximum Gasteiger partial charge on any atom is 0.265 e. The summed E-state index contributed by atoms with van der Waals surface area (Å²) < 4.78 is 27.3. The summed E-state index contributed by atoms with van der Waals surface area (Å²) in [4.78, 5) is 0.123. The molecule has 1 heterocycles. The van der Waals surface area contributed by atoms with Gasteiger partial charge in [-0.2, -0.15) is 5.10 Å². The molecule has 4 N–H and O–H groups in total. The number of benzene rings is 1. The molecule has 7 heteroatoms. The number of rotatable bonds is 4. The molecular weight excluding hydrogens is 264 g/mol. The molecule has 0 aliphatic heterocycles. The fourth-order valence-electron chi connectivity index (χ4n) is 1.85. The molecule has 2 aromatic rings. The maximum absolute atomic E-state index is 12.4. The minimum absolute atomic E-state index is 0.0638. The Morgan fingerprint density at radius 3 is 2.63 bits per heavy atom. The number of anilines is 1. The monoisotopic (exact) mass is 280 g/mol. The van der Waals surface area contributed by atoms with Gasteiger partial charge in [-0.05, 0) is 25.5 Å². The quantitative estimate of drug-likeness (QED) is 0.785. The zero-order valence-electron chi connectivity index (χ0n) is 10.8. The van der Waals surface area contributed by atoms with Crippen LogP contribution in [0.2, 0.25) is 0 Å². The highest BCUT2D eigenvalue weighted by Crippen LogP contribution is 2.22. The van der Waals surface area contributed by atoms with E-state index in [-0.39, 0.29) is 11.4 Å². The van der Waals surface area contributed by atoms with Crippen LogP contribution in [0.15, 0.2) is 29.2 Å². The van der Waals surface area contributed by atoms with Crippen LogP contribution in [0, 0.1) is 13.8 Å². The van der Waals surface area contributed by atoms with Crippen molar-refractivity contribution in [3.63, 3.8) is 0 Å². The number of para-hydroxylation sites is 1. The van der Waals surface area contributed by atoms with Crippen molar-refractivity contribution in [2.75, 3.05) is 4.72 Å². The summed E-state index contributed by atoms with van der Waals surface area (Å²) in [6.45, 7) is 3.55. The molecule has 19 heavy (non-hydrogen) atoms. The molecule has 0 radical (unpaired) electrons. The zero-order valence-corrected chi connectivity index (χ0v) is 11.6. The first-order valence-electron chi connectivity index (χ1n) is 5.78. The summed E-state index contributed by atoms with van der Waals surface area (Å²) >= 11 is 0. The van der Waals surface area contributed by atoms with Crippen molar-refractivity contribution in [1.82, 2.24) is 10.2 Å². The predicted octanol–water partition coefficient (Wildman–Crippen LogP) is 1.29. The fraction of sp³-hybridized carbons (Fsp3) is 0.250. The summed E-state index contributed by atoms with van der Waals surface area (Å²) in [5.74, 6) is 0. The lowest BCUT2D eigenvalue weighted by molar-refractivity contribution is 0.599. The van der Waals surface area contributed by atoms with Gasteiger partial charge in [0.2, 0.25) is 0 Å². The number of H-pyrrole nitrogens is 1. The zero-order chi connectivity index (χ0) is 14.0. The van der Waals surface area contributed by atoms with Gasteiger partial charge in [0.15, 0.2) is 0 Å². The van der Waals surface area contributed by atoms with Gasteiger partial charge in [-0.3, -0.25) is 9.82 Å². The molecule has 1 aromatic carbocycles. The first kappa shape index (κ1) is 13.6. The molecule has 0 spiro atoms. The number of nitrogens with zero attached hydrogens (tertiary/aromatic N) is 1. The third kappa shape index (κ3) is 2.61. The number of nitrogens with one attached hydrogen (secondary N) is 2. The van der Waals surface area contributed by atoms with E-state index in [1.54, 1.807) is 19.1 Å². The molecule has 0 unspecified atom stereocenters. The lowest BCUT2D eigenvalue weighted by atomic mass is 10.2. The van der Waals surface area contributed by atoms with Gasteiger partial charge in [0.1, 0.15) is 4.90 Å². The first-order chi connectivity index (χ1) is 8.95. The van der Waals surface area contributed by atoms with Crippen molar-refractivity contribution >= 4 is 15.7 Å². The van der Waals surface area contributed by atoms with Gasteiger partial charge in [-0.15, -0.1) is 0 Å². The first-order valence-corrected chi connectivity index (χ1v) is 7.26. The van der Waals surface area contributed by atoms with E-state index in [9.17, 15) is 8.42 Å². The van der Waals surface area contributed by atoms with E-state index in [4.69, 9.17) is 5.73 Å². The van der Waals surface area contributed by atoms with Crippen LogP contribution in [-0.2, 0) is 16.6 Å². The standard InChI is InChI=1S/C12H16N4O2S/c1-8-5-3-4-6-10(8)16-19(17,18)12-9(2)14-15-11(12)7-13/h3-6,16H,7,13H2,1-2H3,(H,14,15). The number of aromatic amines is 1. The molecule has 0 saturated heterocycles. The van der Waals surface area contributed by atoms with Crippen LogP contribution in [-0.4, -0.2) is 18.6 Å². The van der Waals surface area contributed by atoms with Crippen LogP contribution < -0.4 is 10.5 Å². The van der Waals surface area contributed by atoms with E-state index in [1.165, 1.54) is 0 Å². The van der Waals surface area contributed by atoms with Crippen molar-refractivity contribution in [1.29, 1.82) is 0 Å². The highest BCUT2D eigenvalue weighted by molar-refractivity contribution is 7.92. The summed E-state index contributed by atoms with van der Waals surface area (Å²) in [6, 6.07) is 7.17. The molecule has 0 atom stereocenters. The van der Waals surface area contributed by atoms with Crippen molar-refractivity contribution < 1.29 is 8.42 Å². The molecule has 102 valence electrons. The van der Waals surface area contributed by atoms with Gasteiger partial charge in [0.05, 0.1) is 17.1 Å². The summed E-state index contributed by atoms with van der Waals surface area (Å²) in [7, 11) is -3.69. The molecule has 0 fully saturated rings. The number of aryl methyl sites for hydroxylation is 2. The normalized spacial score (nSPS) is 11.5. The van der Waals surface area contributed by atoms with Gasteiger partial charge in [0, 0.05) is 6.54 Å². The van der Waals surface area contributed by atoms with Crippen molar-refractivity contribution in [2.24, 2.45) is 5.73 Å². The van der Waals surface area contributed by atoms with Crippen LogP contribution in [0.3, 0.4) is 0 Å². The van der Waals surface area contributed by atoms with Crippen LogP contribution in [0.5, 0.6) is 0 Å². The summed E-state index contributed by atoms with van der Waals surface area (Å²) in [6.07, 6.45) is 0. The predicted molar refractivity (Wildman–Crippen MR) is 73.2 cm³/mol. The molecule has 0 aliphatic carbocycles. The maximum atomic E-state index is 12.4. The van der Waals surface area contributed by atoms with Gasteiger partial charge in [-0.25, -0.2) is 8.42 Å². The molecule has 0 aliphatic rings. The smallest absolute Gasteiger partial charge is 0.265 e. The Morgan fingerprint density at radius 1 is 1.32 bits per heavy atom. The number of nitrogens with two attached hydrogens (primary N) is 1. The molecule has 0 saturated carbocycles. The number of sulfonamides is 1. The van der Waals surface area contributed by atoms with Crippen LogP contribution >= 0.6 is 0 Å². The lowest BCUT2D eigenvalue weighted by Gasteiger charge is -2.10. The van der Waals surface area contributed by atoms with Crippen LogP contribution in [0.4, 0.5) is 5.69 Å². The van der Waals surface area contributed by atoms with E-state index in [0.717, 1.165) is 5.56 Å². The van der Waals surface area contributed by atoms with Crippen molar-refractivity contribution in [3.05, 3.63) is 41.2 Å². The van der Waals surface area contributed by atoms with Crippen LogP contribution in [0.25, 0.3) is 0 Å². The average Bonchev–Trinajstić information content (AvgIpc) is 2.74. The summed E-state index contributed by atoms with van der Waals surface area (Å²) in [5.41, 5.74) is 7.71. The molecule has 0 amide bonds. The average molecular weight is 280 g/mol. The number of hydrogen-bond acceptors (Lipinski definition) is 4. The highest BCUT2D eigenvalue weighted by atomic mass is 32.2. The SMILES string of the molecule is Cc1ccccc1NS(=O)(=O)c1c(CN)n[nH]c1C. The Bertz CT molecular complexity index is 692. The number of aromatic nitrogens is 2. The Morgan fingerprint density at radius 2 is 2.00 bits per heavy atom. The van der Waals surface area contributed by atoms with E-state index in [2.05, 4.69) is 14.9 Å². The second-order valence-corrected chi connectivity index (χ2v) is 5.87. The molecule has 1 aromatic heterocycles. The highest BCUT2D eigenvalue weighted by Gasteiger charge is 2.24. The van der Waals surface area contributed by atoms with Gasteiger partial charge in [0.25, 0.3) is 10.0 Å². The van der Waals surface area contributed by atoms with Gasteiger partial charge < -0.3 is 5.73 Å². The second-order valence-electron chi connectivity index (χ2n) is 4.25. The Balaban J connectivity index is 2.44. The van der Waals surface area contributed by atoms with Gasteiger partial charge in [-0.1, -0.05) is 18.2 Å².